The molecule has 0 saturated heterocycles. The molecule has 0 aliphatic carbocycles. The van der Waals surface area contributed by atoms with Crippen LogP contribution in [0.5, 0.6) is 0 Å². The maximum Gasteiger partial charge on any atom is 0.0326 e. The van der Waals surface area contributed by atoms with Crippen molar-refractivity contribution in [3.63, 3.8) is 0 Å². The minimum absolute atomic E-state index is 0.446. The van der Waals surface area contributed by atoms with Gasteiger partial charge in [0, 0.05) is 4.83 Å². The summed E-state index contributed by atoms with van der Waals surface area (Å²) in [6, 6.07) is 6.42. The largest absolute Gasteiger partial charge is 0.0845 e. The number of alkyl halides is 1. The Morgan fingerprint density at radius 3 is 2.21 bits per heavy atom. The normalized spacial score (nSPS) is 14.2. The van der Waals surface area contributed by atoms with Crippen LogP contribution in [0.25, 0.3) is 6.08 Å². The second-order valence-corrected chi connectivity index (χ2v) is 5.18. The molecular weight excluding hydrogens is 236 g/mol. The number of rotatable bonds is 2. The average Bonchev–Trinajstić information content (AvgIpc) is 2.11. The lowest BCUT2D eigenvalue weighted by molar-refractivity contribution is 1.15. The number of aryl methyl sites for hydroxylation is 2. The van der Waals surface area contributed by atoms with Crippen molar-refractivity contribution >= 4 is 22.0 Å². The zero-order chi connectivity index (χ0) is 10.7. The summed E-state index contributed by atoms with van der Waals surface area (Å²) in [5.74, 6) is 0. The van der Waals surface area contributed by atoms with Crippen molar-refractivity contribution in [3.05, 3.63) is 40.5 Å². The first-order valence-corrected chi connectivity index (χ1v) is 5.82. The van der Waals surface area contributed by atoms with Crippen LogP contribution in [0.15, 0.2) is 23.8 Å². The minimum atomic E-state index is 0.446. The van der Waals surface area contributed by atoms with E-state index in [0.29, 0.717) is 4.83 Å². The summed E-state index contributed by atoms with van der Waals surface area (Å²) in [6.07, 6.45) is 2.27. The summed E-state index contributed by atoms with van der Waals surface area (Å²) in [5, 5.41) is 0. The number of allylic oxidation sites excluding steroid dienone is 1. The number of hydrogen-bond acceptors (Lipinski definition) is 0. The van der Waals surface area contributed by atoms with Crippen LogP contribution in [0, 0.1) is 13.8 Å². The minimum Gasteiger partial charge on any atom is -0.0845 e. The molecule has 0 fully saturated rings. The molecule has 0 spiro atoms. The van der Waals surface area contributed by atoms with Crippen molar-refractivity contribution in [1.82, 2.24) is 0 Å². The Bertz CT molecular complexity index is 328. The van der Waals surface area contributed by atoms with Crippen molar-refractivity contribution < 1.29 is 0 Å². The van der Waals surface area contributed by atoms with Crippen LogP contribution in [0.3, 0.4) is 0 Å². The number of halogens is 1. The fourth-order valence-corrected chi connectivity index (χ4v) is 1.53. The molecule has 0 bridgehead atoms. The van der Waals surface area contributed by atoms with Crippen molar-refractivity contribution in [3.8, 4) is 0 Å². The first-order valence-electron chi connectivity index (χ1n) is 4.91. The summed E-state index contributed by atoms with van der Waals surface area (Å²) >= 11 is 3.58. The molecule has 0 amide bonds. The first kappa shape index (κ1) is 11.5. The van der Waals surface area contributed by atoms with E-state index < -0.39 is 0 Å². The predicted molar refractivity (Wildman–Crippen MR) is 68.0 cm³/mol. The van der Waals surface area contributed by atoms with Crippen LogP contribution in [-0.4, -0.2) is 4.83 Å². The molecule has 0 nitrogen and oxygen atoms in total. The van der Waals surface area contributed by atoms with Gasteiger partial charge in [0.2, 0.25) is 0 Å². The van der Waals surface area contributed by atoms with E-state index >= 15 is 0 Å². The van der Waals surface area contributed by atoms with E-state index in [0.717, 1.165) is 0 Å². The molecule has 1 aromatic rings. The van der Waals surface area contributed by atoms with Gasteiger partial charge in [-0.15, -0.1) is 0 Å². The highest BCUT2D eigenvalue weighted by Gasteiger charge is 2.02. The Labute approximate surface area is 95.2 Å². The van der Waals surface area contributed by atoms with Crippen LogP contribution in [0.1, 0.15) is 30.5 Å². The summed E-state index contributed by atoms with van der Waals surface area (Å²) in [4.78, 5) is 0.446. The van der Waals surface area contributed by atoms with Crippen LogP contribution in [-0.2, 0) is 0 Å². The van der Waals surface area contributed by atoms with E-state index in [9.17, 15) is 0 Å². The van der Waals surface area contributed by atoms with Crippen LogP contribution >= 0.6 is 15.9 Å². The second kappa shape index (κ2) is 4.79. The molecule has 0 saturated carbocycles. The monoisotopic (exact) mass is 252 g/mol. The van der Waals surface area contributed by atoms with E-state index in [2.05, 4.69) is 67.9 Å². The predicted octanol–water partition coefficient (Wildman–Crippen LogP) is 4.49. The third-order valence-electron chi connectivity index (χ3n) is 2.54. The van der Waals surface area contributed by atoms with E-state index in [-0.39, 0.29) is 0 Å². The molecule has 1 rings (SSSR count). The molecule has 0 aromatic heterocycles. The molecule has 14 heavy (non-hydrogen) atoms. The summed E-state index contributed by atoms with van der Waals surface area (Å²) in [6.45, 7) is 8.63. The molecule has 0 aliphatic heterocycles. The van der Waals surface area contributed by atoms with E-state index in [1.807, 2.05) is 0 Å². The van der Waals surface area contributed by atoms with Crippen molar-refractivity contribution in [1.29, 1.82) is 0 Å². The maximum atomic E-state index is 3.58. The molecule has 1 atom stereocenters. The van der Waals surface area contributed by atoms with Crippen molar-refractivity contribution in [2.75, 3.05) is 0 Å². The van der Waals surface area contributed by atoms with Gasteiger partial charge in [-0.1, -0.05) is 45.8 Å². The van der Waals surface area contributed by atoms with Gasteiger partial charge in [-0.25, -0.2) is 0 Å². The van der Waals surface area contributed by atoms with Crippen LogP contribution < -0.4 is 0 Å². The summed E-state index contributed by atoms with van der Waals surface area (Å²) in [5.41, 5.74) is 5.41. The van der Waals surface area contributed by atoms with Gasteiger partial charge in [0.15, 0.2) is 0 Å². The maximum absolute atomic E-state index is 3.58. The smallest absolute Gasteiger partial charge is 0.0326 e. The van der Waals surface area contributed by atoms with E-state index in [1.165, 1.54) is 22.3 Å². The Morgan fingerprint density at radius 2 is 1.79 bits per heavy atom. The van der Waals surface area contributed by atoms with Gasteiger partial charge in [0.1, 0.15) is 0 Å². The molecule has 1 aromatic carbocycles. The SMILES string of the molecule is C/C(=C\c1c(C)cccc1C)C(C)Br. The Kier molecular flexibility index (Phi) is 3.94. The zero-order valence-corrected chi connectivity index (χ0v) is 10.9. The Balaban J connectivity index is 3.14. The first-order chi connectivity index (χ1) is 6.52. The molecule has 1 heteroatoms. The fourth-order valence-electron chi connectivity index (χ4n) is 1.40. The van der Waals surface area contributed by atoms with Crippen molar-refractivity contribution in [2.45, 2.75) is 32.5 Å². The van der Waals surface area contributed by atoms with Gasteiger partial charge in [-0.3, -0.25) is 0 Å². The Hall–Kier alpha value is -0.560. The third kappa shape index (κ3) is 2.71. The topological polar surface area (TPSA) is 0 Å². The van der Waals surface area contributed by atoms with Crippen LogP contribution in [0.2, 0.25) is 0 Å². The summed E-state index contributed by atoms with van der Waals surface area (Å²) < 4.78 is 0. The van der Waals surface area contributed by atoms with Crippen LogP contribution in [0.4, 0.5) is 0 Å². The number of benzene rings is 1. The molecule has 76 valence electrons. The lowest BCUT2D eigenvalue weighted by atomic mass is 10.0. The molecule has 0 aliphatic rings. The number of hydrogen-bond donors (Lipinski definition) is 0. The molecule has 1 unspecified atom stereocenters. The lowest BCUT2D eigenvalue weighted by Gasteiger charge is -2.08. The average molecular weight is 253 g/mol. The second-order valence-electron chi connectivity index (χ2n) is 3.81. The molecular formula is C13H17Br. The lowest BCUT2D eigenvalue weighted by Crippen LogP contribution is -1.93. The molecule has 0 N–H and O–H groups in total. The van der Waals surface area contributed by atoms with E-state index in [4.69, 9.17) is 0 Å². The quantitative estimate of drug-likeness (QED) is 0.681. The third-order valence-corrected chi connectivity index (χ3v) is 3.26. The Morgan fingerprint density at radius 1 is 1.29 bits per heavy atom. The fraction of sp³-hybridized carbons (Fsp3) is 0.385. The van der Waals surface area contributed by atoms with Crippen molar-refractivity contribution in [2.24, 2.45) is 0 Å². The summed E-state index contributed by atoms with van der Waals surface area (Å²) in [7, 11) is 0. The van der Waals surface area contributed by atoms with Gasteiger partial charge in [0.25, 0.3) is 0 Å². The van der Waals surface area contributed by atoms with Gasteiger partial charge < -0.3 is 0 Å². The van der Waals surface area contributed by atoms with Gasteiger partial charge in [-0.2, -0.15) is 0 Å². The standard InChI is InChI=1S/C13H17Br/c1-9-6-5-7-10(2)13(9)8-11(3)12(4)14/h5-8,12H,1-4H3/b11-8+. The van der Waals surface area contributed by atoms with Gasteiger partial charge in [0.05, 0.1) is 0 Å². The zero-order valence-electron chi connectivity index (χ0n) is 9.26. The van der Waals surface area contributed by atoms with E-state index in [1.54, 1.807) is 0 Å². The highest BCUT2D eigenvalue weighted by molar-refractivity contribution is 9.09. The molecule has 0 radical (unpaired) electrons. The highest BCUT2D eigenvalue weighted by Crippen LogP contribution is 2.20. The van der Waals surface area contributed by atoms with Gasteiger partial charge >= 0.3 is 0 Å². The highest BCUT2D eigenvalue weighted by atomic mass is 79.9. The van der Waals surface area contributed by atoms with Gasteiger partial charge in [-0.05, 0) is 44.4 Å². The molecule has 0 heterocycles.